The van der Waals surface area contributed by atoms with E-state index in [0.717, 1.165) is 24.7 Å². The van der Waals surface area contributed by atoms with Gasteiger partial charge < -0.3 is 9.88 Å². The third-order valence-corrected chi connectivity index (χ3v) is 2.92. The highest BCUT2D eigenvalue weighted by Gasteiger charge is 2.00. The lowest BCUT2D eigenvalue weighted by molar-refractivity contribution is 0.604. The highest BCUT2D eigenvalue weighted by atomic mass is 35.5. The van der Waals surface area contributed by atoms with Crippen LogP contribution in [0, 0.1) is 0 Å². The molecule has 0 saturated carbocycles. The van der Waals surface area contributed by atoms with Crippen LogP contribution in [-0.4, -0.2) is 17.7 Å². The van der Waals surface area contributed by atoms with Gasteiger partial charge >= 0.3 is 0 Å². The number of nitrogens with one attached hydrogen (secondary N) is 1. The van der Waals surface area contributed by atoms with Crippen LogP contribution in [0.4, 0.5) is 0 Å². The first-order chi connectivity index (χ1) is 7.81. The number of fused-ring (bicyclic) bond motifs is 1. The molecule has 0 unspecified atom stereocenters. The third-order valence-electron chi connectivity index (χ3n) is 2.69. The molecule has 0 bridgehead atoms. The minimum Gasteiger partial charge on any atom is -0.346 e. The molecule has 0 fully saturated rings. The van der Waals surface area contributed by atoms with Crippen molar-refractivity contribution in [2.75, 3.05) is 13.1 Å². The Balaban J connectivity index is 2.07. The molecule has 2 nitrogen and oxygen atoms in total. The smallest absolute Gasteiger partial charge is 0.0481 e. The Morgan fingerprint density at radius 2 is 2.12 bits per heavy atom. The summed E-state index contributed by atoms with van der Waals surface area (Å²) in [5, 5.41) is 5.41. The van der Waals surface area contributed by atoms with Gasteiger partial charge in [0.1, 0.15) is 0 Å². The predicted molar refractivity (Wildman–Crippen MR) is 70.1 cm³/mol. The van der Waals surface area contributed by atoms with Crippen molar-refractivity contribution in [3.05, 3.63) is 35.5 Å². The summed E-state index contributed by atoms with van der Waals surface area (Å²) < 4.78 is 2.26. The molecule has 0 spiro atoms. The fourth-order valence-electron chi connectivity index (χ4n) is 1.87. The molecule has 2 aromatic rings. The summed E-state index contributed by atoms with van der Waals surface area (Å²) in [5.41, 5.74) is 1.25. The van der Waals surface area contributed by atoms with Gasteiger partial charge in [0.05, 0.1) is 0 Å². The maximum absolute atomic E-state index is 5.95. The summed E-state index contributed by atoms with van der Waals surface area (Å²) in [6, 6.07) is 8.14. The molecule has 0 atom stereocenters. The number of halogens is 1. The molecule has 2 rings (SSSR count). The van der Waals surface area contributed by atoms with Crippen LogP contribution < -0.4 is 5.32 Å². The molecule has 0 amide bonds. The first-order valence-corrected chi connectivity index (χ1v) is 6.14. The van der Waals surface area contributed by atoms with Crippen LogP contribution >= 0.6 is 11.6 Å². The molecule has 1 N–H and O–H groups in total. The summed E-state index contributed by atoms with van der Waals surface area (Å²) in [6.07, 6.45) is 3.30. The molecule has 1 aromatic carbocycles. The summed E-state index contributed by atoms with van der Waals surface area (Å²) in [7, 11) is 0. The molecule has 0 aliphatic heterocycles. The fourth-order valence-corrected chi connectivity index (χ4v) is 2.05. The standard InChI is InChI=1S/C13H17ClN2/c1-2-6-15-7-9-16-8-5-11-10-12(14)3-4-13(11)16/h3-5,8,10,15H,2,6-7,9H2,1H3. The summed E-state index contributed by atoms with van der Waals surface area (Å²) in [6.45, 7) is 5.29. The first-order valence-electron chi connectivity index (χ1n) is 5.76. The number of hydrogen-bond acceptors (Lipinski definition) is 1. The highest BCUT2D eigenvalue weighted by Crippen LogP contribution is 2.20. The van der Waals surface area contributed by atoms with Gasteiger partial charge in [-0.1, -0.05) is 18.5 Å². The van der Waals surface area contributed by atoms with E-state index in [9.17, 15) is 0 Å². The van der Waals surface area contributed by atoms with E-state index in [4.69, 9.17) is 11.6 Å². The van der Waals surface area contributed by atoms with Crippen LogP contribution in [0.5, 0.6) is 0 Å². The molecule has 0 saturated heterocycles. The third kappa shape index (κ3) is 2.57. The summed E-state index contributed by atoms with van der Waals surface area (Å²) >= 11 is 5.95. The van der Waals surface area contributed by atoms with Crippen molar-refractivity contribution in [3.63, 3.8) is 0 Å². The number of nitrogens with zero attached hydrogens (tertiary/aromatic N) is 1. The maximum atomic E-state index is 5.95. The Bertz CT molecular complexity index is 462. The van der Waals surface area contributed by atoms with Crippen molar-refractivity contribution in [1.29, 1.82) is 0 Å². The highest BCUT2D eigenvalue weighted by molar-refractivity contribution is 6.31. The Hall–Kier alpha value is -0.990. The second kappa shape index (κ2) is 5.37. The maximum Gasteiger partial charge on any atom is 0.0481 e. The van der Waals surface area contributed by atoms with Gasteiger partial charge in [-0.15, -0.1) is 0 Å². The number of benzene rings is 1. The zero-order valence-corrected chi connectivity index (χ0v) is 10.3. The number of hydrogen-bond donors (Lipinski definition) is 1. The average Bonchev–Trinajstić information content (AvgIpc) is 2.67. The molecular weight excluding hydrogens is 220 g/mol. The Morgan fingerprint density at radius 3 is 2.94 bits per heavy atom. The largest absolute Gasteiger partial charge is 0.346 e. The van der Waals surface area contributed by atoms with E-state index in [0.29, 0.717) is 0 Å². The van der Waals surface area contributed by atoms with Crippen molar-refractivity contribution >= 4 is 22.5 Å². The van der Waals surface area contributed by atoms with E-state index >= 15 is 0 Å². The van der Waals surface area contributed by atoms with Crippen LogP contribution in [0.1, 0.15) is 13.3 Å². The second-order valence-electron chi connectivity index (χ2n) is 3.96. The van der Waals surface area contributed by atoms with Crippen LogP contribution in [-0.2, 0) is 6.54 Å². The van der Waals surface area contributed by atoms with Crippen molar-refractivity contribution in [2.24, 2.45) is 0 Å². The predicted octanol–water partition coefficient (Wildman–Crippen LogP) is 3.29. The number of rotatable bonds is 5. The van der Waals surface area contributed by atoms with E-state index < -0.39 is 0 Å². The quantitative estimate of drug-likeness (QED) is 0.789. The lowest BCUT2D eigenvalue weighted by Gasteiger charge is -2.06. The van der Waals surface area contributed by atoms with Gasteiger partial charge in [-0.2, -0.15) is 0 Å². The van der Waals surface area contributed by atoms with Crippen molar-refractivity contribution in [1.82, 2.24) is 9.88 Å². The monoisotopic (exact) mass is 236 g/mol. The topological polar surface area (TPSA) is 17.0 Å². The van der Waals surface area contributed by atoms with Gasteiger partial charge in [0.25, 0.3) is 0 Å². The van der Waals surface area contributed by atoms with Gasteiger partial charge in [-0.3, -0.25) is 0 Å². The molecule has 0 aliphatic rings. The van der Waals surface area contributed by atoms with Crippen LogP contribution in [0.3, 0.4) is 0 Å². The summed E-state index contributed by atoms with van der Waals surface area (Å²) in [4.78, 5) is 0. The van der Waals surface area contributed by atoms with Gasteiger partial charge in [-0.25, -0.2) is 0 Å². The molecule has 0 aliphatic carbocycles. The van der Waals surface area contributed by atoms with Crippen molar-refractivity contribution < 1.29 is 0 Å². The van der Waals surface area contributed by atoms with E-state index in [2.05, 4.69) is 35.1 Å². The average molecular weight is 237 g/mol. The van der Waals surface area contributed by atoms with Crippen molar-refractivity contribution in [3.8, 4) is 0 Å². The van der Waals surface area contributed by atoms with E-state index in [1.807, 2.05) is 12.1 Å². The molecular formula is C13H17ClN2. The molecule has 1 heterocycles. The zero-order valence-electron chi connectivity index (χ0n) is 9.54. The Kier molecular flexibility index (Phi) is 3.86. The van der Waals surface area contributed by atoms with Gasteiger partial charge in [0.2, 0.25) is 0 Å². The Morgan fingerprint density at radius 1 is 1.25 bits per heavy atom. The molecule has 16 heavy (non-hydrogen) atoms. The first kappa shape index (κ1) is 11.5. The van der Waals surface area contributed by atoms with Crippen LogP contribution in [0.2, 0.25) is 5.02 Å². The number of aromatic nitrogens is 1. The lowest BCUT2D eigenvalue weighted by atomic mass is 10.2. The Labute approximate surface area is 101 Å². The molecule has 1 aromatic heterocycles. The minimum atomic E-state index is 0.800. The SMILES string of the molecule is CCCNCCn1ccc2cc(Cl)ccc21. The van der Waals surface area contributed by atoms with E-state index in [1.165, 1.54) is 17.3 Å². The molecule has 3 heteroatoms. The van der Waals surface area contributed by atoms with E-state index in [-0.39, 0.29) is 0 Å². The second-order valence-corrected chi connectivity index (χ2v) is 4.40. The lowest BCUT2D eigenvalue weighted by Crippen LogP contribution is -2.20. The molecule has 86 valence electrons. The van der Waals surface area contributed by atoms with Gasteiger partial charge in [0, 0.05) is 35.2 Å². The van der Waals surface area contributed by atoms with Crippen molar-refractivity contribution in [2.45, 2.75) is 19.9 Å². The summed E-state index contributed by atoms with van der Waals surface area (Å²) in [5.74, 6) is 0. The minimum absolute atomic E-state index is 0.800. The van der Waals surface area contributed by atoms with Gasteiger partial charge in [0.15, 0.2) is 0 Å². The normalized spacial score (nSPS) is 11.1. The van der Waals surface area contributed by atoms with E-state index in [1.54, 1.807) is 0 Å². The fraction of sp³-hybridized carbons (Fsp3) is 0.385. The zero-order chi connectivity index (χ0) is 11.4. The van der Waals surface area contributed by atoms with Crippen LogP contribution in [0.25, 0.3) is 10.9 Å². The van der Waals surface area contributed by atoms with Gasteiger partial charge in [-0.05, 0) is 37.2 Å². The van der Waals surface area contributed by atoms with Crippen LogP contribution in [0.15, 0.2) is 30.5 Å². The molecule has 0 radical (unpaired) electrons.